The first-order valence-corrected chi connectivity index (χ1v) is 6.34. The Morgan fingerprint density at radius 2 is 2.00 bits per heavy atom. The predicted octanol–water partition coefficient (Wildman–Crippen LogP) is 0.503. The molecule has 2 aliphatic heterocycles. The maximum absolute atomic E-state index is 12.4. The molecule has 0 saturated carbocycles. The van der Waals surface area contributed by atoms with Gasteiger partial charge in [0.15, 0.2) is 5.43 Å². The van der Waals surface area contributed by atoms with Crippen LogP contribution in [0.4, 0.5) is 0 Å². The Morgan fingerprint density at radius 3 is 2.61 bits per heavy atom. The highest BCUT2D eigenvalue weighted by Gasteiger charge is 2.43. The van der Waals surface area contributed by atoms with Gasteiger partial charge in [0.25, 0.3) is 5.91 Å². The van der Waals surface area contributed by atoms with E-state index in [0.29, 0.717) is 12.8 Å². The summed E-state index contributed by atoms with van der Waals surface area (Å²) in [6.07, 6.45) is 5.81. The number of nitrogens with zero attached hydrogens (tertiary/aromatic N) is 1. The van der Waals surface area contributed by atoms with Gasteiger partial charge in [0.1, 0.15) is 5.56 Å². The number of nitrogens with one attached hydrogen (secondary N) is 1. The molecule has 0 spiro atoms. The second-order valence-corrected chi connectivity index (χ2v) is 5.14. The van der Waals surface area contributed by atoms with Crippen LogP contribution in [-0.2, 0) is 0 Å². The van der Waals surface area contributed by atoms with E-state index in [-0.39, 0.29) is 35.1 Å². The summed E-state index contributed by atoms with van der Waals surface area (Å²) in [4.78, 5) is 28.7. The van der Waals surface area contributed by atoms with Crippen LogP contribution in [0.2, 0.25) is 0 Å². The van der Waals surface area contributed by atoms with Crippen LogP contribution in [0.5, 0.6) is 0 Å². The molecule has 2 bridgehead atoms. The van der Waals surface area contributed by atoms with Crippen LogP contribution in [0.1, 0.15) is 36.0 Å². The summed E-state index contributed by atoms with van der Waals surface area (Å²) >= 11 is 0. The average Bonchev–Trinajstić information content (AvgIpc) is 2.61. The lowest BCUT2D eigenvalue weighted by Crippen LogP contribution is -2.49. The number of H-pyrrole nitrogens is 1. The van der Waals surface area contributed by atoms with Crippen LogP contribution < -0.4 is 5.43 Å². The van der Waals surface area contributed by atoms with Gasteiger partial charge in [-0.25, -0.2) is 0 Å². The summed E-state index contributed by atoms with van der Waals surface area (Å²) in [6, 6.07) is 1.55. The molecule has 0 aliphatic carbocycles. The van der Waals surface area contributed by atoms with Gasteiger partial charge in [0, 0.05) is 30.5 Å². The van der Waals surface area contributed by atoms with Crippen LogP contribution in [0.15, 0.2) is 23.3 Å². The van der Waals surface area contributed by atoms with Gasteiger partial charge in [-0.05, 0) is 25.7 Å². The number of rotatable bonds is 1. The van der Waals surface area contributed by atoms with Crippen LogP contribution in [0.25, 0.3) is 0 Å². The number of hydrogen-bond donors (Lipinski definition) is 2. The molecule has 1 aromatic heterocycles. The summed E-state index contributed by atoms with van der Waals surface area (Å²) in [5.41, 5.74) is -0.0462. The van der Waals surface area contributed by atoms with Crippen molar-refractivity contribution in [2.24, 2.45) is 0 Å². The highest BCUT2D eigenvalue weighted by Crippen LogP contribution is 2.36. The van der Waals surface area contributed by atoms with Crippen molar-refractivity contribution in [2.45, 2.75) is 43.9 Å². The smallest absolute Gasteiger partial charge is 0.259 e. The number of pyridine rings is 1. The Labute approximate surface area is 104 Å². The minimum absolute atomic E-state index is 0.0888. The monoisotopic (exact) mass is 248 g/mol. The molecule has 1 amide bonds. The molecule has 2 N–H and O–H groups in total. The van der Waals surface area contributed by atoms with E-state index >= 15 is 0 Å². The van der Waals surface area contributed by atoms with Gasteiger partial charge in [0.05, 0.1) is 6.10 Å². The molecule has 2 saturated heterocycles. The Hall–Kier alpha value is -1.62. The van der Waals surface area contributed by atoms with Crippen molar-refractivity contribution in [3.05, 3.63) is 34.2 Å². The summed E-state index contributed by atoms with van der Waals surface area (Å²) in [5, 5.41) is 9.71. The number of aliphatic hydroxyl groups excluding tert-OH is 1. The number of hydrogen-bond acceptors (Lipinski definition) is 3. The number of aromatic amines is 1. The van der Waals surface area contributed by atoms with Gasteiger partial charge in [0.2, 0.25) is 0 Å². The number of amides is 1. The molecule has 5 heteroatoms. The van der Waals surface area contributed by atoms with Gasteiger partial charge in [-0.3, -0.25) is 9.59 Å². The largest absolute Gasteiger partial charge is 0.393 e. The summed E-state index contributed by atoms with van der Waals surface area (Å²) in [6.45, 7) is 0. The first-order valence-electron chi connectivity index (χ1n) is 6.34. The molecular formula is C13H16N2O3. The highest BCUT2D eigenvalue weighted by molar-refractivity contribution is 5.94. The molecule has 3 rings (SSSR count). The number of aromatic nitrogens is 1. The number of carbonyl (C=O) groups is 1. The normalized spacial score (nSPS) is 30.5. The Bertz CT molecular complexity index is 511. The number of aliphatic hydroxyl groups is 1. The van der Waals surface area contributed by atoms with Crippen molar-refractivity contribution >= 4 is 5.91 Å². The molecule has 2 unspecified atom stereocenters. The van der Waals surface area contributed by atoms with Gasteiger partial charge in [-0.1, -0.05) is 0 Å². The van der Waals surface area contributed by atoms with Gasteiger partial charge in [-0.2, -0.15) is 0 Å². The Balaban J connectivity index is 1.90. The fourth-order valence-corrected chi connectivity index (χ4v) is 3.20. The molecule has 1 aromatic rings. The standard InChI is InChI=1S/C13H16N2O3/c16-10-5-8-1-2-9(6-10)15(8)13(18)11-7-14-4-3-12(11)17/h3-4,7-10,16H,1-2,5-6H2,(H,14,17). The van der Waals surface area contributed by atoms with Crippen molar-refractivity contribution in [3.8, 4) is 0 Å². The maximum Gasteiger partial charge on any atom is 0.259 e. The predicted molar refractivity (Wildman–Crippen MR) is 65.3 cm³/mol. The summed E-state index contributed by atoms with van der Waals surface area (Å²) in [5.74, 6) is -0.198. The number of fused-ring (bicyclic) bond motifs is 2. The molecule has 5 nitrogen and oxygen atoms in total. The Kier molecular flexibility index (Phi) is 2.70. The number of carbonyl (C=O) groups excluding carboxylic acids is 1. The van der Waals surface area contributed by atoms with Crippen LogP contribution in [0.3, 0.4) is 0 Å². The van der Waals surface area contributed by atoms with Crippen molar-refractivity contribution < 1.29 is 9.90 Å². The second kappa shape index (κ2) is 4.24. The minimum atomic E-state index is -0.305. The Morgan fingerprint density at radius 1 is 1.33 bits per heavy atom. The van der Waals surface area contributed by atoms with Crippen molar-refractivity contribution in [1.29, 1.82) is 0 Å². The minimum Gasteiger partial charge on any atom is -0.393 e. The SMILES string of the molecule is O=C(c1c[nH]ccc1=O)N1C2CCC1CC(O)C2. The molecule has 18 heavy (non-hydrogen) atoms. The first-order chi connectivity index (χ1) is 8.66. The lowest BCUT2D eigenvalue weighted by Gasteiger charge is -2.37. The lowest BCUT2D eigenvalue weighted by atomic mass is 9.99. The zero-order chi connectivity index (χ0) is 12.7. The first kappa shape index (κ1) is 11.5. The van der Waals surface area contributed by atoms with Crippen molar-refractivity contribution in [1.82, 2.24) is 9.88 Å². The van der Waals surface area contributed by atoms with Crippen molar-refractivity contribution in [3.63, 3.8) is 0 Å². The van der Waals surface area contributed by atoms with E-state index in [1.165, 1.54) is 18.5 Å². The van der Waals surface area contributed by atoms with Crippen LogP contribution in [-0.4, -0.2) is 39.1 Å². The lowest BCUT2D eigenvalue weighted by molar-refractivity contribution is 0.0285. The molecule has 3 heterocycles. The van der Waals surface area contributed by atoms with E-state index in [9.17, 15) is 14.7 Å². The zero-order valence-electron chi connectivity index (χ0n) is 10.0. The fraction of sp³-hybridized carbons (Fsp3) is 0.538. The maximum atomic E-state index is 12.4. The van der Waals surface area contributed by atoms with E-state index < -0.39 is 0 Å². The molecule has 2 fully saturated rings. The van der Waals surface area contributed by atoms with E-state index in [0.717, 1.165) is 12.8 Å². The van der Waals surface area contributed by atoms with Crippen LogP contribution >= 0.6 is 0 Å². The second-order valence-electron chi connectivity index (χ2n) is 5.14. The third kappa shape index (κ3) is 1.75. The third-order valence-corrected chi connectivity index (χ3v) is 4.00. The topological polar surface area (TPSA) is 73.4 Å². The van der Waals surface area contributed by atoms with E-state index in [1.54, 1.807) is 4.90 Å². The average molecular weight is 248 g/mol. The van der Waals surface area contributed by atoms with Gasteiger partial charge >= 0.3 is 0 Å². The van der Waals surface area contributed by atoms with E-state index in [4.69, 9.17) is 0 Å². The van der Waals surface area contributed by atoms with Gasteiger partial charge in [-0.15, -0.1) is 0 Å². The van der Waals surface area contributed by atoms with Gasteiger partial charge < -0.3 is 15.0 Å². The summed E-state index contributed by atoms with van der Waals surface area (Å²) in [7, 11) is 0. The third-order valence-electron chi connectivity index (χ3n) is 4.00. The zero-order valence-corrected chi connectivity index (χ0v) is 10.0. The molecular weight excluding hydrogens is 232 g/mol. The molecule has 0 radical (unpaired) electrons. The van der Waals surface area contributed by atoms with Crippen molar-refractivity contribution in [2.75, 3.05) is 0 Å². The van der Waals surface area contributed by atoms with E-state index in [2.05, 4.69) is 4.98 Å². The fourth-order valence-electron chi connectivity index (χ4n) is 3.20. The molecule has 96 valence electrons. The van der Waals surface area contributed by atoms with Crippen LogP contribution in [0, 0.1) is 0 Å². The van der Waals surface area contributed by atoms with E-state index in [1.807, 2.05) is 0 Å². The quantitative estimate of drug-likeness (QED) is 0.760. The highest BCUT2D eigenvalue weighted by atomic mass is 16.3. The number of piperidine rings is 1. The molecule has 2 atom stereocenters. The molecule has 0 aromatic carbocycles. The summed E-state index contributed by atoms with van der Waals surface area (Å²) < 4.78 is 0. The molecule has 2 aliphatic rings.